The van der Waals surface area contributed by atoms with Crippen LogP contribution in [0.4, 0.5) is 17.1 Å². The molecule has 0 bridgehead atoms. The summed E-state index contributed by atoms with van der Waals surface area (Å²) in [6.07, 6.45) is 1.50. The standard InChI is InChI=1S/C26H22N4O4/c31-25-18(12-13-27-25)14-16-6-8-19(9-7-16)28-24(17-4-2-1-3-5-17)23-21-15-20(30(33)34)10-11-22(21)29-26(23)32/h1-11,15,18,23H,12-14H2,(H,27,31)(H,29,32). The third-order valence-corrected chi connectivity index (χ3v) is 6.25. The summed E-state index contributed by atoms with van der Waals surface area (Å²) < 4.78 is 0. The molecule has 0 saturated carbocycles. The lowest BCUT2D eigenvalue weighted by Gasteiger charge is -2.14. The van der Waals surface area contributed by atoms with Crippen LogP contribution < -0.4 is 10.6 Å². The van der Waals surface area contributed by atoms with Crippen LogP contribution >= 0.6 is 0 Å². The molecule has 2 unspecified atom stereocenters. The number of nitro groups is 1. The van der Waals surface area contributed by atoms with Gasteiger partial charge >= 0.3 is 0 Å². The average molecular weight is 454 g/mol. The van der Waals surface area contributed by atoms with Crippen molar-refractivity contribution in [2.45, 2.75) is 18.8 Å². The van der Waals surface area contributed by atoms with Crippen molar-refractivity contribution < 1.29 is 14.5 Å². The molecule has 2 aliphatic heterocycles. The molecule has 0 aliphatic carbocycles. The molecule has 2 aliphatic rings. The van der Waals surface area contributed by atoms with Crippen molar-refractivity contribution in [3.05, 3.63) is 99.6 Å². The zero-order valence-electron chi connectivity index (χ0n) is 18.2. The van der Waals surface area contributed by atoms with Gasteiger partial charge < -0.3 is 10.6 Å². The number of nitro benzene ring substituents is 1. The normalized spacial score (nSPS) is 19.5. The first kappa shape index (κ1) is 21.5. The molecule has 170 valence electrons. The van der Waals surface area contributed by atoms with E-state index in [1.54, 1.807) is 6.07 Å². The minimum absolute atomic E-state index is 0.0105. The Morgan fingerprint density at radius 1 is 1.00 bits per heavy atom. The van der Waals surface area contributed by atoms with Crippen LogP contribution in [0.3, 0.4) is 0 Å². The SMILES string of the molecule is O=C1NCCC1Cc1ccc(N=C(c2ccccc2)C2C(=O)Nc3ccc([N+](=O)[O-])cc32)cc1. The monoisotopic (exact) mass is 454 g/mol. The topological polar surface area (TPSA) is 114 Å². The lowest BCUT2D eigenvalue weighted by molar-refractivity contribution is -0.384. The van der Waals surface area contributed by atoms with Crippen LogP contribution in [-0.4, -0.2) is 29.0 Å². The summed E-state index contributed by atoms with van der Waals surface area (Å²) in [7, 11) is 0. The van der Waals surface area contributed by atoms with Crippen molar-refractivity contribution >= 4 is 34.6 Å². The van der Waals surface area contributed by atoms with Gasteiger partial charge in [-0.3, -0.25) is 24.7 Å². The van der Waals surface area contributed by atoms with Gasteiger partial charge in [0.25, 0.3) is 5.69 Å². The highest BCUT2D eigenvalue weighted by Crippen LogP contribution is 2.38. The smallest absolute Gasteiger partial charge is 0.269 e. The molecule has 2 atom stereocenters. The summed E-state index contributed by atoms with van der Waals surface area (Å²) in [5.74, 6) is -0.974. The average Bonchev–Trinajstić information content (AvgIpc) is 3.40. The molecule has 2 heterocycles. The molecule has 0 aromatic heterocycles. The zero-order chi connectivity index (χ0) is 23.7. The van der Waals surface area contributed by atoms with Crippen molar-refractivity contribution in [2.75, 3.05) is 11.9 Å². The molecule has 5 rings (SSSR count). The second-order valence-corrected chi connectivity index (χ2v) is 8.46. The number of non-ortho nitro benzene ring substituents is 1. The maximum Gasteiger partial charge on any atom is 0.269 e. The van der Waals surface area contributed by atoms with Gasteiger partial charge in [-0.05, 0) is 42.2 Å². The van der Waals surface area contributed by atoms with Crippen LogP contribution in [-0.2, 0) is 16.0 Å². The van der Waals surface area contributed by atoms with E-state index in [0.29, 0.717) is 29.1 Å². The maximum absolute atomic E-state index is 13.0. The number of hydrogen-bond donors (Lipinski definition) is 2. The maximum atomic E-state index is 13.0. The predicted molar refractivity (Wildman–Crippen MR) is 128 cm³/mol. The van der Waals surface area contributed by atoms with E-state index < -0.39 is 10.8 Å². The molecule has 3 aromatic rings. The number of nitrogens with one attached hydrogen (secondary N) is 2. The van der Waals surface area contributed by atoms with E-state index in [1.165, 1.54) is 12.1 Å². The third kappa shape index (κ3) is 4.17. The lowest BCUT2D eigenvalue weighted by atomic mass is 9.90. The number of amides is 2. The molecule has 34 heavy (non-hydrogen) atoms. The second kappa shape index (κ2) is 8.90. The lowest BCUT2D eigenvalue weighted by Crippen LogP contribution is -2.22. The van der Waals surface area contributed by atoms with Gasteiger partial charge in [-0.15, -0.1) is 0 Å². The van der Waals surface area contributed by atoms with Gasteiger partial charge in [0.15, 0.2) is 0 Å². The van der Waals surface area contributed by atoms with Crippen molar-refractivity contribution in [2.24, 2.45) is 10.9 Å². The highest BCUT2D eigenvalue weighted by atomic mass is 16.6. The first-order valence-corrected chi connectivity index (χ1v) is 11.1. The van der Waals surface area contributed by atoms with Crippen molar-refractivity contribution in [3.8, 4) is 0 Å². The van der Waals surface area contributed by atoms with Gasteiger partial charge in [-0.2, -0.15) is 0 Å². The van der Waals surface area contributed by atoms with E-state index in [1.807, 2.05) is 54.6 Å². The Morgan fingerprint density at radius 3 is 2.44 bits per heavy atom. The molecular formula is C26H22N4O4. The Morgan fingerprint density at radius 2 is 1.76 bits per heavy atom. The highest BCUT2D eigenvalue weighted by molar-refractivity contribution is 6.24. The van der Waals surface area contributed by atoms with E-state index in [-0.39, 0.29) is 23.4 Å². The van der Waals surface area contributed by atoms with Crippen LogP contribution in [0.1, 0.15) is 29.0 Å². The molecule has 2 N–H and O–H groups in total. The minimum atomic E-state index is -0.779. The van der Waals surface area contributed by atoms with Gasteiger partial charge in [0.2, 0.25) is 11.8 Å². The number of hydrogen-bond acceptors (Lipinski definition) is 5. The molecule has 8 heteroatoms. The van der Waals surface area contributed by atoms with Crippen molar-refractivity contribution in [1.29, 1.82) is 0 Å². The summed E-state index contributed by atoms with van der Waals surface area (Å²) >= 11 is 0. The van der Waals surface area contributed by atoms with E-state index >= 15 is 0 Å². The Kier molecular flexibility index (Phi) is 5.63. The summed E-state index contributed by atoms with van der Waals surface area (Å²) in [6.45, 7) is 0.718. The van der Waals surface area contributed by atoms with E-state index in [0.717, 1.165) is 24.1 Å². The van der Waals surface area contributed by atoms with E-state index in [4.69, 9.17) is 4.99 Å². The number of rotatable bonds is 6. The summed E-state index contributed by atoms with van der Waals surface area (Å²) in [4.78, 5) is 40.6. The largest absolute Gasteiger partial charge is 0.356 e. The first-order chi connectivity index (χ1) is 16.5. The summed E-state index contributed by atoms with van der Waals surface area (Å²) in [6, 6.07) is 21.3. The molecule has 1 fully saturated rings. The van der Waals surface area contributed by atoms with Gasteiger partial charge in [0.1, 0.15) is 5.92 Å². The van der Waals surface area contributed by atoms with Crippen LogP contribution in [0.2, 0.25) is 0 Å². The van der Waals surface area contributed by atoms with Gasteiger partial charge in [-0.25, -0.2) is 0 Å². The number of carbonyl (C=O) groups excluding carboxylic acids is 2. The first-order valence-electron chi connectivity index (χ1n) is 11.1. The Balaban J connectivity index is 1.52. The number of benzene rings is 3. The van der Waals surface area contributed by atoms with Crippen molar-refractivity contribution in [1.82, 2.24) is 5.32 Å². The highest BCUT2D eigenvalue weighted by Gasteiger charge is 2.36. The van der Waals surface area contributed by atoms with Crippen LogP contribution in [0.5, 0.6) is 0 Å². The van der Waals surface area contributed by atoms with E-state index in [9.17, 15) is 19.7 Å². The molecule has 3 aromatic carbocycles. The molecular weight excluding hydrogens is 432 g/mol. The summed E-state index contributed by atoms with van der Waals surface area (Å²) in [5, 5.41) is 17.0. The predicted octanol–water partition coefficient (Wildman–Crippen LogP) is 4.13. The number of aliphatic imine (C=N–C) groups is 1. The van der Waals surface area contributed by atoms with Gasteiger partial charge in [0.05, 0.1) is 16.3 Å². The molecule has 2 amide bonds. The Labute approximate surface area is 195 Å². The van der Waals surface area contributed by atoms with Gasteiger partial charge in [-0.1, -0.05) is 42.5 Å². The third-order valence-electron chi connectivity index (χ3n) is 6.25. The van der Waals surface area contributed by atoms with Crippen molar-refractivity contribution in [3.63, 3.8) is 0 Å². The number of fused-ring (bicyclic) bond motifs is 1. The fourth-order valence-corrected chi connectivity index (χ4v) is 4.51. The Hall–Kier alpha value is -4.33. The van der Waals surface area contributed by atoms with Crippen LogP contribution in [0.25, 0.3) is 0 Å². The fraction of sp³-hybridized carbons (Fsp3) is 0.192. The zero-order valence-corrected chi connectivity index (χ0v) is 18.2. The molecule has 0 radical (unpaired) electrons. The van der Waals surface area contributed by atoms with Crippen LogP contribution in [0, 0.1) is 16.0 Å². The Bertz CT molecular complexity index is 1300. The molecule has 8 nitrogen and oxygen atoms in total. The van der Waals surface area contributed by atoms with Gasteiger partial charge in [0, 0.05) is 35.8 Å². The quantitative estimate of drug-likeness (QED) is 0.331. The fourth-order valence-electron chi connectivity index (χ4n) is 4.51. The minimum Gasteiger partial charge on any atom is -0.356 e. The number of carbonyl (C=O) groups is 2. The number of nitrogens with zero attached hydrogens (tertiary/aromatic N) is 2. The van der Waals surface area contributed by atoms with Crippen LogP contribution in [0.15, 0.2) is 77.8 Å². The molecule has 0 spiro atoms. The second-order valence-electron chi connectivity index (χ2n) is 8.46. The number of anilines is 1. The van der Waals surface area contributed by atoms with E-state index in [2.05, 4.69) is 10.6 Å². The molecule has 1 saturated heterocycles. The summed E-state index contributed by atoms with van der Waals surface area (Å²) in [5.41, 5.74) is 3.98.